The number of hydrogen-bond donors (Lipinski definition) is 1. The van der Waals surface area contributed by atoms with Gasteiger partial charge in [-0.3, -0.25) is 9.59 Å². The van der Waals surface area contributed by atoms with Gasteiger partial charge in [0.05, 0.1) is 10.8 Å². The summed E-state index contributed by atoms with van der Waals surface area (Å²) in [4.78, 5) is 34.8. The number of carbonyl (C=O) groups excluding carboxylic acids is 1. The topological polar surface area (TPSA) is 72.0 Å². The number of aryl methyl sites for hydroxylation is 2. The van der Waals surface area contributed by atoms with Crippen LogP contribution in [0.25, 0.3) is 10.2 Å². The Bertz CT molecular complexity index is 1130. The second-order valence-electron chi connectivity index (χ2n) is 7.57. The molecule has 0 bridgehead atoms. The molecule has 2 aliphatic rings. The Morgan fingerprint density at radius 1 is 1.21 bits per heavy atom. The van der Waals surface area contributed by atoms with Crippen LogP contribution >= 0.6 is 22.9 Å². The first kappa shape index (κ1) is 17.9. The van der Waals surface area contributed by atoms with E-state index in [-0.39, 0.29) is 18.1 Å². The fourth-order valence-electron chi connectivity index (χ4n) is 4.30. The number of nitrogens with zero attached hydrogens (tertiary/aromatic N) is 1. The number of benzene rings is 1. The van der Waals surface area contributed by atoms with Crippen LogP contribution in [0.2, 0.25) is 5.02 Å². The minimum absolute atomic E-state index is 0.0259. The van der Waals surface area contributed by atoms with Crippen LogP contribution in [0.4, 0.5) is 0 Å². The van der Waals surface area contributed by atoms with Gasteiger partial charge in [-0.2, -0.15) is 0 Å². The normalized spacial score (nSPS) is 17.3. The summed E-state index contributed by atoms with van der Waals surface area (Å²) in [7, 11) is 0. The molecule has 1 fully saturated rings. The van der Waals surface area contributed by atoms with Crippen LogP contribution in [-0.2, 0) is 34.4 Å². The van der Waals surface area contributed by atoms with Crippen molar-refractivity contribution in [3.8, 4) is 0 Å². The van der Waals surface area contributed by atoms with Gasteiger partial charge in [-0.15, -0.1) is 11.3 Å². The smallest absolute Gasteiger partial charge is 0.317 e. The van der Waals surface area contributed by atoms with Crippen molar-refractivity contribution in [2.24, 2.45) is 0 Å². The summed E-state index contributed by atoms with van der Waals surface area (Å²) in [6.45, 7) is -0.0259. The molecule has 5 nitrogen and oxygen atoms in total. The van der Waals surface area contributed by atoms with Gasteiger partial charge in [0.25, 0.3) is 5.56 Å². The Hall–Kier alpha value is -2.18. The third-order valence-electron chi connectivity index (χ3n) is 5.96. The van der Waals surface area contributed by atoms with Crippen molar-refractivity contribution < 1.29 is 9.53 Å². The molecular weight excluding hydrogens is 396 g/mol. The molecule has 0 atom stereocenters. The average Bonchev–Trinajstić information content (AvgIpc) is 3.21. The Kier molecular flexibility index (Phi) is 4.29. The van der Waals surface area contributed by atoms with E-state index < -0.39 is 5.41 Å². The van der Waals surface area contributed by atoms with E-state index in [1.54, 1.807) is 23.5 Å². The number of esters is 1. The molecule has 0 radical (unpaired) electrons. The van der Waals surface area contributed by atoms with Crippen LogP contribution in [0.5, 0.6) is 0 Å². The first-order chi connectivity index (χ1) is 13.6. The number of carbonyl (C=O) groups is 1. The van der Waals surface area contributed by atoms with E-state index >= 15 is 0 Å². The fraction of sp³-hybridized carbons (Fsp3) is 0.381. The zero-order chi connectivity index (χ0) is 19.3. The fourth-order valence-corrected chi connectivity index (χ4v) is 5.70. The van der Waals surface area contributed by atoms with Gasteiger partial charge in [-0.1, -0.05) is 30.2 Å². The van der Waals surface area contributed by atoms with Gasteiger partial charge in [-0.25, -0.2) is 4.98 Å². The molecule has 0 saturated heterocycles. The lowest BCUT2D eigenvalue weighted by Gasteiger charge is -2.39. The van der Waals surface area contributed by atoms with Gasteiger partial charge in [0, 0.05) is 9.90 Å². The quantitative estimate of drug-likeness (QED) is 0.646. The van der Waals surface area contributed by atoms with Crippen LogP contribution in [0.3, 0.4) is 0 Å². The number of aromatic amines is 1. The summed E-state index contributed by atoms with van der Waals surface area (Å²) in [6.07, 6.45) is 5.56. The van der Waals surface area contributed by atoms with Crippen molar-refractivity contribution >= 4 is 39.1 Å². The van der Waals surface area contributed by atoms with Gasteiger partial charge in [0.1, 0.15) is 17.3 Å². The lowest BCUT2D eigenvalue weighted by molar-refractivity contribution is -0.156. The standard InChI is InChI=1S/C21H19ClN2O3S/c22-13-7-5-12(6-8-13)21(9-2-10-21)20(26)27-11-16-23-18(25)17-14-3-1-4-15(14)28-19(17)24-16/h5-8H,1-4,9-11H2,(H,23,24,25). The largest absolute Gasteiger partial charge is 0.457 e. The minimum Gasteiger partial charge on any atom is -0.457 e. The van der Waals surface area contributed by atoms with Crippen LogP contribution < -0.4 is 5.56 Å². The summed E-state index contributed by atoms with van der Waals surface area (Å²) in [5.74, 6) is 0.133. The molecular formula is C21H19ClN2O3S. The molecule has 7 heteroatoms. The molecule has 1 aromatic carbocycles. The molecule has 2 heterocycles. The van der Waals surface area contributed by atoms with E-state index in [0.29, 0.717) is 16.2 Å². The molecule has 144 valence electrons. The molecule has 2 aromatic heterocycles. The Morgan fingerprint density at radius 2 is 2.00 bits per heavy atom. The molecule has 0 spiro atoms. The van der Waals surface area contributed by atoms with E-state index in [2.05, 4.69) is 9.97 Å². The first-order valence-electron chi connectivity index (χ1n) is 9.53. The number of nitrogens with one attached hydrogen (secondary N) is 1. The molecule has 1 N–H and O–H groups in total. The second-order valence-corrected chi connectivity index (χ2v) is 9.09. The zero-order valence-electron chi connectivity index (χ0n) is 15.2. The van der Waals surface area contributed by atoms with Crippen molar-refractivity contribution in [2.45, 2.75) is 50.5 Å². The van der Waals surface area contributed by atoms with Gasteiger partial charge in [-0.05, 0) is 55.4 Å². The minimum atomic E-state index is -0.612. The van der Waals surface area contributed by atoms with E-state index in [1.165, 1.54) is 4.88 Å². The van der Waals surface area contributed by atoms with Crippen molar-refractivity contribution in [1.29, 1.82) is 0 Å². The molecule has 0 amide bonds. The Balaban J connectivity index is 1.38. The highest BCUT2D eigenvalue weighted by atomic mass is 35.5. The second kappa shape index (κ2) is 6.71. The van der Waals surface area contributed by atoms with Crippen LogP contribution in [-0.4, -0.2) is 15.9 Å². The number of hydrogen-bond acceptors (Lipinski definition) is 5. The number of halogens is 1. The van der Waals surface area contributed by atoms with Crippen LogP contribution in [0.1, 0.15) is 47.5 Å². The van der Waals surface area contributed by atoms with Gasteiger partial charge in [0.15, 0.2) is 0 Å². The Labute approximate surface area is 170 Å². The molecule has 1 saturated carbocycles. The molecule has 3 aromatic rings. The Morgan fingerprint density at radius 3 is 2.71 bits per heavy atom. The molecule has 2 aliphatic carbocycles. The van der Waals surface area contributed by atoms with E-state index in [1.807, 2.05) is 12.1 Å². The molecule has 0 aliphatic heterocycles. The predicted octanol–water partition coefficient (Wildman–Crippen LogP) is 4.29. The zero-order valence-corrected chi connectivity index (χ0v) is 16.8. The van der Waals surface area contributed by atoms with Gasteiger partial charge >= 0.3 is 5.97 Å². The SMILES string of the molecule is O=C(OCc1nc2sc3c(c2c(=O)[nH]1)CCC3)C1(c2ccc(Cl)cc2)CCC1. The van der Waals surface area contributed by atoms with E-state index in [9.17, 15) is 9.59 Å². The maximum Gasteiger partial charge on any atom is 0.317 e. The van der Waals surface area contributed by atoms with Crippen LogP contribution in [0, 0.1) is 0 Å². The molecule has 0 unspecified atom stereocenters. The molecule has 28 heavy (non-hydrogen) atoms. The third kappa shape index (κ3) is 2.78. The maximum atomic E-state index is 12.9. The number of thiophene rings is 1. The number of ether oxygens (including phenoxy) is 1. The highest BCUT2D eigenvalue weighted by molar-refractivity contribution is 7.18. The summed E-state index contributed by atoms with van der Waals surface area (Å²) >= 11 is 7.56. The number of H-pyrrole nitrogens is 1. The monoisotopic (exact) mass is 414 g/mol. The number of rotatable bonds is 4. The molecule has 5 rings (SSSR count). The van der Waals surface area contributed by atoms with E-state index in [0.717, 1.165) is 54.5 Å². The highest BCUT2D eigenvalue weighted by Gasteiger charge is 2.47. The van der Waals surface area contributed by atoms with Gasteiger partial charge in [0.2, 0.25) is 0 Å². The highest BCUT2D eigenvalue weighted by Crippen LogP contribution is 2.45. The maximum absolute atomic E-state index is 12.9. The number of fused-ring (bicyclic) bond motifs is 3. The third-order valence-corrected chi connectivity index (χ3v) is 7.40. The van der Waals surface area contributed by atoms with Crippen molar-refractivity contribution in [3.63, 3.8) is 0 Å². The number of aromatic nitrogens is 2. The summed E-state index contributed by atoms with van der Waals surface area (Å²) in [5.41, 5.74) is 1.33. The van der Waals surface area contributed by atoms with Crippen LogP contribution in [0.15, 0.2) is 29.1 Å². The summed E-state index contributed by atoms with van der Waals surface area (Å²) in [6, 6.07) is 7.38. The van der Waals surface area contributed by atoms with Gasteiger partial charge < -0.3 is 9.72 Å². The lowest BCUT2D eigenvalue weighted by atomic mass is 9.64. The van der Waals surface area contributed by atoms with Crippen molar-refractivity contribution in [2.75, 3.05) is 0 Å². The average molecular weight is 415 g/mol. The van der Waals surface area contributed by atoms with Crippen molar-refractivity contribution in [3.05, 3.63) is 61.5 Å². The van der Waals surface area contributed by atoms with E-state index in [4.69, 9.17) is 16.3 Å². The summed E-state index contributed by atoms with van der Waals surface area (Å²) < 4.78 is 5.60. The lowest BCUT2D eigenvalue weighted by Crippen LogP contribution is -2.43. The summed E-state index contributed by atoms with van der Waals surface area (Å²) in [5, 5.41) is 1.36. The first-order valence-corrected chi connectivity index (χ1v) is 10.7. The predicted molar refractivity (Wildman–Crippen MR) is 109 cm³/mol. The van der Waals surface area contributed by atoms with Crippen molar-refractivity contribution in [1.82, 2.24) is 9.97 Å².